The minimum Gasteiger partial charge on any atom is -0.393 e. The van der Waals surface area contributed by atoms with Crippen molar-refractivity contribution in [2.24, 2.45) is 0 Å². The molecule has 2 fully saturated rings. The molecule has 0 aromatic heterocycles. The van der Waals surface area contributed by atoms with Gasteiger partial charge >= 0.3 is 0 Å². The van der Waals surface area contributed by atoms with E-state index < -0.39 is 0 Å². The zero-order valence-electron chi connectivity index (χ0n) is 8.91. The molecule has 1 saturated heterocycles. The largest absolute Gasteiger partial charge is 0.393 e. The van der Waals surface area contributed by atoms with E-state index in [-0.39, 0.29) is 6.10 Å². The number of aliphatic hydroxyl groups excluding tert-OH is 1. The first kappa shape index (κ1) is 10.4. The molecule has 0 aromatic rings. The maximum atomic E-state index is 9.55. The van der Waals surface area contributed by atoms with Crippen molar-refractivity contribution in [3.63, 3.8) is 0 Å². The van der Waals surface area contributed by atoms with Gasteiger partial charge in [0.25, 0.3) is 0 Å². The third-order valence-corrected chi connectivity index (χ3v) is 3.47. The van der Waals surface area contributed by atoms with Gasteiger partial charge in [-0.3, -0.25) is 0 Å². The van der Waals surface area contributed by atoms with Crippen molar-refractivity contribution < 1.29 is 9.84 Å². The first-order chi connectivity index (χ1) is 6.75. The van der Waals surface area contributed by atoms with Crippen LogP contribution in [0.15, 0.2) is 0 Å². The van der Waals surface area contributed by atoms with Gasteiger partial charge in [0.2, 0.25) is 0 Å². The SMILES string of the molecule is CC1OCCC1NC1CCCC(O)C1. The van der Waals surface area contributed by atoms with E-state index in [1.54, 1.807) is 0 Å². The summed E-state index contributed by atoms with van der Waals surface area (Å²) in [5.74, 6) is 0. The predicted octanol–water partition coefficient (Wildman–Crippen LogP) is 1.06. The van der Waals surface area contributed by atoms with Crippen molar-refractivity contribution in [2.45, 2.75) is 63.3 Å². The van der Waals surface area contributed by atoms with Crippen molar-refractivity contribution in [3.05, 3.63) is 0 Å². The van der Waals surface area contributed by atoms with Gasteiger partial charge < -0.3 is 15.2 Å². The summed E-state index contributed by atoms with van der Waals surface area (Å²) in [5, 5.41) is 13.2. The Hall–Kier alpha value is -0.120. The van der Waals surface area contributed by atoms with E-state index in [4.69, 9.17) is 4.74 Å². The van der Waals surface area contributed by atoms with E-state index in [2.05, 4.69) is 12.2 Å². The van der Waals surface area contributed by atoms with Crippen LogP contribution in [-0.2, 0) is 4.74 Å². The van der Waals surface area contributed by atoms with E-state index in [0.717, 1.165) is 32.3 Å². The van der Waals surface area contributed by atoms with Crippen LogP contribution in [0.5, 0.6) is 0 Å². The second kappa shape index (κ2) is 4.60. The van der Waals surface area contributed by atoms with Gasteiger partial charge in [-0.1, -0.05) is 0 Å². The Morgan fingerprint density at radius 2 is 2.14 bits per heavy atom. The van der Waals surface area contributed by atoms with Crippen molar-refractivity contribution in [1.29, 1.82) is 0 Å². The van der Waals surface area contributed by atoms with Crippen LogP contribution in [0.2, 0.25) is 0 Å². The van der Waals surface area contributed by atoms with Crippen molar-refractivity contribution in [1.82, 2.24) is 5.32 Å². The number of nitrogens with one attached hydrogen (secondary N) is 1. The molecule has 0 amide bonds. The monoisotopic (exact) mass is 199 g/mol. The molecule has 1 aliphatic heterocycles. The van der Waals surface area contributed by atoms with Gasteiger partial charge in [0, 0.05) is 18.7 Å². The topological polar surface area (TPSA) is 41.5 Å². The average molecular weight is 199 g/mol. The fourth-order valence-electron chi connectivity index (χ4n) is 2.57. The minimum atomic E-state index is -0.0844. The zero-order chi connectivity index (χ0) is 9.97. The lowest BCUT2D eigenvalue weighted by molar-refractivity contribution is 0.0901. The summed E-state index contributed by atoms with van der Waals surface area (Å²) in [6, 6.07) is 1.01. The Bertz CT molecular complexity index is 186. The lowest BCUT2D eigenvalue weighted by Crippen LogP contribution is -2.45. The van der Waals surface area contributed by atoms with Gasteiger partial charge in [-0.25, -0.2) is 0 Å². The average Bonchev–Trinajstić information content (AvgIpc) is 2.52. The quantitative estimate of drug-likeness (QED) is 0.698. The number of ether oxygens (including phenoxy) is 1. The van der Waals surface area contributed by atoms with Crippen LogP contribution in [0.1, 0.15) is 39.0 Å². The highest BCUT2D eigenvalue weighted by Gasteiger charge is 2.28. The highest BCUT2D eigenvalue weighted by atomic mass is 16.5. The fraction of sp³-hybridized carbons (Fsp3) is 1.00. The molecule has 3 nitrogen and oxygen atoms in total. The Balaban J connectivity index is 1.78. The molecule has 0 bridgehead atoms. The number of aliphatic hydroxyl groups is 1. The van der Waals surface area contributed by atoms with Gasteiger partial charge in [-0.05, 0) is 39.0 Å². The summed E-state index contributed by atoms with van der Waals surface area (Å²) in [6.45, 7) is 3.01. The number of rotatable bonds is 2. The number of hydrogen-bond donors (Lipinski definition) is 2. The lowest BCUT2D eigenvalue weighted by atomic mass is 9.92. The van der Waals surface area contributed by atoms with Gasteiger partial charge in [-0.15, -0.1) is 0 Å². The molecule has 2 N–H and O–H groups in total. The molecule has 0 spiro atoms. The van der Waals surface area contributed by atoms with Crippen LogP contribution in [0.25, 0.3) is 0 Å². The normalized spacial score (nSPS) is 44.1. The molecule has 4 unspecified atom stereocenters. The molecule has 4 atom stereocenters. The zero-order valence-corrected chi connectivity index (χ0v) is 8.91. The Morgan fingerprint density at radius 3 is 2.79 bits per heavy atom. The van der Waals surface area contributed by atoms with E-state index in [0.29, 0.717) is 18.2 Å². The van der Waals surface area contributed by atoms with Gasteiger partial charge in [0.1, 0.15) is 0 Å². The second-order valence-corrected chi connectivity index (χ2v) is 4.66. The molecule has 82 valence electrons. The highest BCUT2D eigenvalue weighted by molar-refractivity contribution is 4.85. The summed E-state index contributed by atoms with van der Waals surface area (Å²) >= 11 is 0. The van der Waals surface area contributed by atoms with Crippen LogP contribution in [0.4, 0.5) is 0 Å². The van der Waals surface area contributed by atoms with Gasteiger partial charge in [0.05, 0.1) is 12.2 Å². The molecule has 2 aliphatic rings. The molecular formula is C11H21NO2. The highest BCUT2D eigenvalue weighted by Crippen LogP contribution is 2.21. The minimum absolute atomic E-state index is 0.0844. The Kier molecular flexibility index (Phi) is 3.42. The molecule has 0 radical (unpaired) electrons. The fourth-order valence-corrected chi connectivity index (χ4v) is 2.57. The van der Waals surface area contributed by atoms with Crippen LogP contribution < -0.4 is 5.32 Å². The third kappa shape index (κ3) is 2.47. The Labute approximate surface area is 85.8 Å². The molecule has 1 heterocycles. The lowest BCUT2D eigenvalue weighted by Gasteiger charge is -2.30. The standard InChI is InChI=1S/C11H21NO2/c1-8-11(5-6-14-8)12-9-3-2-4-10(13)7-9/h8-13H,2-7H2,1H3. The van der Waals surface area contributed by atoms with Gasteiger partial charge in [-0.2, -0.15) is 0 Å². The molecule has 14 heavy (non-hydrogen) atoms. The van der Waals surface area contributed by atoms with Gasteiger partial charge in [0.15, 0.2) is 0 Å². The van der Waals surface area contributed by atoms with E-state index >= 15 is 0 Å². The summed E-state index contributed by atoms with van der Waals surface area (Å²) in [4.78, 5) is 0. The number of hydrogen-bond acceptors (Lipinski definition) is 3. The van der Waals surface area contributed by atoms with E-state index in [9.17, 15) is 5.11 Å². The molecule has 0 aromatic carbocycles. The van der Waals surface area contributed by atoms with Crippen LogP contribution in [0.3, 0.4) is 0 Å². The summed E-state index contributed by atoms with van der Waals surface area (Å²) in [7, 11) is 0. The predicted molar refractivity (Wildman–Crippen MR) is 55.2 cm³/mol. The van der Waals surface area contributed by atoms with Crippen molar-refractivity contribution >= 4 is 0 Å². The smallest absolute Gasteiger partial charge is 0.0700 e. The van der Waals surface area contributed by atoms with Crippen LogP contribution in [-0.4, -0.2) is 36.0 Å². The first-order valence-corrected chi connectivity index (χ1v) is 5.81. The second-order valence-electron chi connectivity index (χ2n) is 4.66. The molecule has 2 rings (SSSR count). The summed E-state index contributed by atoms with van der Waals surface area (Å²) in [5.41, 5.74) is 0. The van der Waals surface area contributed by atoms with Crippen LogP contribution >= 0.6 is 0 Å². The summed E-state index contributed by atoms with van der Waals surface area (Å²) in [6.07, 6.45) is 5.64. The molecular weight excluding hydrogens is 178 g/mol. The molecule has 1 aliphatic carbocycles. The third-order valence-electron chi connectivity index (χ3n) is 3.47. The van der Waals surface area contributed by atoms with Crippen molar-refractivity contribution in [2.75, 3.05) is 6.61 Å². The van der Waals surface area contributed by atoms with Crippen molar-refractivity contribution in [3.8, 4) is 0 Å². The Morgan fingerprint density at radius 1 is 1.29 bits per heavy atom. The molecule has 3 heteroatoms. The van der Waals surface area contributed by atoms with E-state index in [1.165, 1.54) is 6.42 Å². The first-order valence-electron chi connectivity index (χ1n) is 5.81. The molecule has 1 saturated carbocycles. The summed E-state index contributed by atoms with van der Waals surface area (Å²) < 4.78 is 5.51. The maximum Gasteiger partial charge on any atom is 0.0700 e. The van der Waals surface area contributed by atoms with Crippen LogP contribution in [0, 0.1) is 0 Å². The maximum absolute atomic E-state index is 9.55. The van der Waals surface area contributed by atoms with E-state index in [1.807, 2.05) is 0 Å².